The fraction of sp³-hybridized carbons (Fsp3) is 0.0588. The number of benzene rings is 2. The zero-order valence-corrected chi connectivity index (χ0v) is 12.2. The van der Waals surface area contributed by atoms with E-state index >= 15 is 0 Å². The maximum atomic E-state index is 5.83. The first-order valence-electron chi connectivity index (χ1n) is 6.84. The molecule has 0 radical (unpaired) electrons. The number of anilines is 3. The summed E-state index contributed by atoms with van der Waals surface area (Å²) in [5, 5.41) is 3.22. The SMILES string of the molecule is COc1ccc(N)cc1Nc1cc(-c2ccccc2)ncn1. The summed E-state index contributed by atoms with van der Waals surface area (Å²) < 4.78 is 5.33. The molecule has 5 nitrogen and oxygen atoms in total. The first kappa shape index (κ1) is 13.9. The van der Waals surface area contributed by atoms with E-state index in [1.165, 1.54) is 6.33 Å². The fourth-order valence-electron chi connectivity index (χ4n) is 2.15. The number of nitrogens with one attached hydrogen (secondary N) is 1. The number of methoxy groups -OCH3 is 1. The van der Waals surface area contributed by atoms with Crippen molar-refractivity contribution in [1.82, 2.24) is 9.97 Å². The molecule has 0 fully saturated rings. The van der Waals surface area contributed by atoms with Gasteiger partial charge < -0.3 is 15.8 Å². The molecular weight excluding hydrogens is 276 g/mol. The molecule has 22 heavy (non-hydrogen) atoms. The van der Waals surface area contributed by atoms with Gasteiger partial charge in [0.15, 0.2) is 0 Å². The molecule has 0 saturated carbocycles. The van der Waals surface area contributed by atoms with Crippen LogP contribution in [0.25, 0.3) is 11.3 Å². The molecule has 5 heteroatoms. The molecule has 0 unspecified atom stereocenters. The Balaban J connectivity index is 1.92. The third-order valence-electron chi connectivity index (χ3n) is 3.22. The van der Waals surface area contributed by atoms with Gasteiger partial charge in [0.1, 0.15) is 17.9 Å². The standard InChI is InChI=1S/C17H16N4O/c1-22-16-8-7-13(18)9-15(16)21-17-10-14(19-11-20-17)12-5-3-2-4-6-12/h2-11H,18H2,1H3,(H,19,20,21). The van der Waals surface area contributed by atoms with Crippen LogP contribution in [0.1, 0.15) is 0 Å². The largest absolute Gasteiger partial charge is 0.495 e. The quantitative estimate of drug-likeness (QED) is 0.720. The summed E-state index contributed by atoms with van der Waals surface area (Å²) in [4.78, 5) is 8.55. The molecule has 1 aromatic heterocycles. The zero-order valence-electron chi connectivity index (χ0n) is 12.2. The predicted molar refractivity (Wildman–Crippen MR) is 88.2 cm³/mol. The van der Waals surface area contributed by atoms with Gasteiger partial charge in [0.25, 0.3) is 0 Å². The number of hydrogen-bond donors (Lipinski definition) is 2. The molecule has 2 aromatic carbocycles. The summed E-state index contributed by atoms with van der Waals surface area (Å²) in [7, 11) is 1.62. The zero-order chi connectivity index (χ0) is 15.4. The topological polar surface area (TPSA) is 73.1 Å². The third-order valence-corrected chi connectivity index (χ3v) is 3.22. The maximum Gasteiger partial charge on any atom is 0.142 e. The second-order valence-corrected chi connectivity index (χ2v) is 4.74. The first-order chi connectivity index (χ1) is 10.8. The van der Waals surface area contributed by atoms with E-state index in [9.17, 15) is 0 Å². The third kappa shape index (κ3) is 2.98. The molecule has 110 valence electrons. The van der Waals surface area contributed by atoms with Gasteiger partial charge >= 0.3 is 0 Å². The normalized spacial score (nSPS) is 10.2. The van der Waals surface area contributed by atoms with Crippen molar-refractivity contribution >= 4 is 17.2 Å². The molecule has 0 aliphatic carbocycles. The van der Waals surface area contributed by atoms with Crippen molar-refractivity contribution in [2.45, 2.75) is 0 Å². The van der Waals surface area contributed by atoms with Crippen molar-refractivity contribution in [3.63, 3.8) is 0 Å². The Morgan fingerprint density at radius 2 is 1.82 bits per heavy atom. The van der Waals surface area contributed by atoms with Crippen molar-refractivity contribution < 1.29 is 4.74 Å². The van der Waals surface area contributed by atoms with Gasteiger partial charge in [-0.15, -0.1) is 0 Å². The number of nitrogens with two attached hydrogens (primary N) is 1. The van der Waals surface area contributed by atoms with Crippen LogP contribution >= 0.6 is 0 Å². The van der Waals surface area contributed by atoms with Crippen LogP contribution in [0.2, 0.25) is 0 Å². The number of ether oxygens (including phenoxy) is 1. The van der Waals surface area contributed by atoms with E-state index in [1.54, 1.807) is 13.2 Å². The van der Waals surface area contributed by atoms with Gasteiger partial charge in [0.05, 0.1) is 18.5 Å². The second kappa shape index (κ2) is 6.13. The monoisotopic (exact) mass is 292 g/mol. The molecule has 0 atom stereocenters. The maximum absolute atomic E-state index is 5.83. The fourth-order valence-corrected chi connectivity index (χ4v) is 2.15. The van der Waals surface area contributed by atoms with Crippen LogP contribution in [-0.2, 0) is 0 Å². The Bertz CT molecular complexity index is 775. The number of aromatic nitrogens is 2. The number of nitrogens with zero attached hydrogens (tertiary/aromatic N) is 2. The minimum absolute atomic E-state index is 0.653. The minimum atomic E-state index is 0.653. The highest BCUT2D eigenvalue weighted by molar-refractivity contribution is 5.71. The lowest BCUT2D eigenvalue weighted by molar-refractivity contribution is 0.417. The Morgan fingerprint density at radius 3 is 2.59 bits per heavy atom. The molecule has 0 amide bonds. The number of hydrogen-bond acceptors (Lipinski definition) is 5. The summed E-state index contributed by atoms with van der Waals surface area (Å²) in [6.07, 6.45) is 1.53. The van der Waals surface area contributed by atoms with Crippen LogP contribution in [0.4, 0.5) is 17.2 Å². The molecule has 3 N–H and O–H groups in total. The van der Waals surface area contributed by atoms with Gasteiger partial charge in [-0.05, 0) is 18.2 Å². The summed E-state index contributed by atoms with van der Waals surface area (Å²) in [5.74, 6) is 1.38. The molecule has 1 heterocycles. The van der Waals surface area contributed by atoms with Gasteiger partial charge in [0, 0.05) is 17.3 Å². The Labute approximate surface area is 128 Å². The summed E-state index contributed by atoms with van der Waals surface area (Å²) >= 11 is 0. The van der Waals surface area contributed by atoms with Crippen LogP contribution in [0.3, 0.4) is 0 Å². The van der Waals surface area contributed by atoms with Crippen molar-refractivity contribution in [2.75, 3.05) is 18.2 Å². The van der Waals surface area contributed by atoms with Crippen LogP contribution in [-0.4, -0.2) is 17.1 Å². The lowest BCUT2D eigenvalue weighted by Crippen LogP contribution is -1.99. The van der Waals surface area contributed by atoms with Crippen LogP contribution in [0.5, 0.6) is 5.75 Å². The van der Waals surface area contributed by atoms with E-state index in [0.29, 0.717) is 17.3 Å². The van der Waals surface area contributed by atoms with E-state index in [-0.39, 0.29) is 0 Å². The predicted octanol–water partition coefficient (Wildman–Crippen LogP) is 3.48. The molecule has 0 bridgehead atoms. The van der Waals surface area contributed by atoms with Gasteiger partial charge in [0.2, 0.25) is 0 Å². The molecule has 0 aliphatic rings. The Morgan fingerprint density at radius 1 is 1.00 bits per heavy atom. The lowest BCUT2D eigenvalue weighted by Gasteiger charge is -2.11. The van der Waals surface area contributed by atoms with Crippen LogP contribution < -0.4 is 15.8 Å². The molecule has 3 aromatic rings. The van der Waals surface area contributed by atoms with Gasteiger partial charge in [-0.25, -0.2) is 9.97 Å². The van der Waals surface area contributed by atoms with Crippen LogP contribution in [0.15, 0.2) is 60.9 Å². The highest BCUT2D eigenvalue weighted by atomic mass is 16.5. The van der Waals surface area contributed by atoms with Crippen molar-refractivity contribution in [3.05, 3.63) is 60.9 Å². The molecule has 0 spiro atoms. The van der Waals surface area contributed by atoms with Crippen molar-refractivity contribution in [3.8, 4) is 17.0 Å². The Kier molecular flexibility index (Phi) is 3.87. The summed E-state index contributed by atoms with van der Waals surface area (Å²) in [5.41, 5.74) is 9.13. The molecular formula is C17H16N4O. The van der Waals surface area contributed by atoms with E-state index < -0.39 is 0 Å². The highest BCUT2D eigenvalue weighted by Gasteiger charge is 2.06. The van der Waals surface area contributed by atoms with Gasteiger partial charge in [-0.1, -0.05) is 30.3 Å². The van der Waals surface area contributed by atoms with Gasteiger partial charge in [-0.3, -0.25) is 0 Å². The first-order valence-corrected chi connectivity index (χ1v) is 6.84. The average molecular weight is 292 g/mol. The molecule has 0 saturated heterocycles. The van der Waals surface area contributed by atoms with Crippen molar-refractivity contribution in [2.24, 2.45) is 0 Å². The second-order valence-electron chi connectivity index (χ2n) is 4.74. The van der Waals surface area contributed by atoms with E-state index in [1.807, 2.05) is 48.5 Å². The number of nitrogen functional groups attached to an aromatic ring is 1. The lowest BCUT2D eigenvalue weighted by atomic mass is 10.1. The molecule has 0 aliphatic heterocycles. The minimum Gasteiger partial charge on any atom is -0.495 e. The summed E-state index contributed by atoms with van der Waals surface area (Å²) in [6, 6.07) is 17.2. The van der Waals surface area contributed by atoms with E-state index in [2.05, 4.69) is 15.3 Å². The smallest absolute Gasteiger partial charge is 0.142 e. The highest BCUT2D eigenvalue weighted by Crippen LogP contribution is 2.29. The van der Waals surface area contributed by atoms with Gasteiger partial charge in [-0.2, -0.15) is 0 Å². The van der Waals surface area contributed by atoms with Crippen LogP contribution in [0, 0.1) is 0 Å². The van der Waals surface area contributed by atoms with E-state index in [4.69, 9.17) is 10.5 Å². The average Bonchev–Trinajstić information content (AvgIpc) is 2.56. The Hall–Kier alpha value is -3.08. The molecule has 3 rings (SSSR count). The van der Waals surface area contributed by atoms with Crippen molar-refractivity contribution in [1.29, 1.82) is 0 Å². The summed E-state index contributed by atoms with van der Waals surface area (Å²) in [6.45, 7) is 0. The number of rotatable bonds is 4. The van der Waals surface area contributed by atoms with E-state index in [0.717, 1.165) is 16.9 Å².